The van der Waals surface area contributed by atoms with Gasteiger partial charge in [-0.25, -0.2) is 0 Å². The van der Waals surface area contributed by atoms with Crippen LogP contribution in [0.1, 0.15) is 25.7 Å². The van der Waals surface area contributed by atoms with Crippen LogP contribution in [-0.2, 0) is 4.79 Å². The lowest BCUT2D eigenvalue weighted by Gasteiger charge is -2.52. The van der Waals surface area contributed by atoms with E-state index in [1.54, 1.807) is 0 Å². The molecule has 72 valence electrons. The normalized spacial score (nSPS) is 53.0. The van der Waals surface area contributed by atoms with Crippen molar-refractivity contribution < 1.29 is 9.90 Å². The first-order valence-electron chi connectivity index (χ1n) is 5.44. The number of aliphatic hydroxyl groups excluding tert-OH is 1. The van der Waals surface area contributed by atoms with E-state index >= 15 is 0 Å². The Bertz CT molecular complexity index is 248. The molecule has 5 atom stereocenters. The molecule has 0 radical (unpaired) electrons. The molecule has 2 heteroatoms. The number of carbonyl (C=O) groups excluding carboxylic acids is 1. The second kappa shape index (κ2) is 2.57. The Hall–Kier alpha value is -0.370. The van der Waals surface area contributed by atoms with Gasteiger partial charge in [-0.05, 0) is 43.4 Å². The van der Waals surface area contributed by atoms with Crippen LogP contribution in [0.2, 0.25) is 0 Å². The number of hydrogen-bond donors (Lipinski definition) is 1. The summed E-state index contributed by atoms with van der Waals surface area (Å²) in [5, 5.41) is 9.26. The van der Waals surface area contributed by atoms with Gasteiger partial charge in [0.15, 0.2) is 0 Å². The molecule has 4 bridgehead atoms. The molecular weight excluding hydrogens is 164 g/mol. The molecular formula is C11H16O2. The maximum atomic E-state index is 11.8. The highest BCUT2D eigenvalue weighted by Crippen LogP contribution is 2.54. The molecule has 0 aliphatic heterocycles. The summed E-state index contributed by atoms with van der Waals surface area (Å²) < 4.78 is 0. The largest absolute Gasteiger partial charge is 0.396 e. The molecule has 0 amide bonds. The van der Waals surface area contributed by atoms with Crippen molar-refractivity contribution in [2.45, 2.75) is 25.7 Å². The first kappa shape index (κ1) is 7.98. The summed E-state index contributed by atoms with van der Waals surface area (Å²) in [7, 11) is 0. The smallest absolute Gasteiger partial charge is 0.139 e. The van der Waals surface area contributed by atoms with Crippen LogP contribution in [0.5, 0.6) is 0 Å². The van der Waals surface area contributed by atoms with Gasteiger partial charge in [-0.2, -0.15) is 0 Å². The molecule has 0 spiro atoms. The Kier molecular flexibility index (Phi) is 1.58. The van der Waals surface area contributed by atoms with E-state index < -0.39 is 0 Å². The molecule has 13 heavy (non-hydrogen) atoms. The number of hydrogen-bond acceptors (Lipinski definition) is 2. The number of rotatable bonds is 1. The highest BCUT2D eigenvalue weighted by Gasteiger charge is 2.52. The Morgan fingerprint density at radius 1 is 1.23 bits per heavy atom. The van der Waals surface area contributed by atoms with Crippen molar-refractivity contribution in [3.63, 3.8) is 0 Å². The van der Waals surface area contributed by atoms with Gasteiger partial charge in [0.05, 0.1) is 0 Å². The Balaban J connectivity index is 1.94. The molecule has 4 rings (SSSR count). The van der Waals surface area contributed by atoms with Crippen molar-refractivity contribution in [2.75, 3.05) is 6.61 Å². The molecule has 0 aromatic heterocycles. The van der Waals surface area contributed by atoms with Gasteiger partial charge < -0.3 is 5.11 Å². The zero-order valence-corrected chi connectivity index (χ0v) is 7.78. The molecule has 0 saturated heterocycles. The first-order valence-corrected chi connectivity index (χ1v) is 5.44. The summed E-state index contributed by atoms with van der Waals surface area (Å²) in [6.45, 7) is 0.237. The third kappa shape index (κ3) is 0.954. The van der Waals surface area contributed by atoms with Crippen molar-refractivity contribution >= 4 is 5.78 Å². The lowest BCUT2D eigenvalue weighted by molar-refractivity contribution is -0.148. The van der Waals surface area contributed by atoms with E-state index in [-0.39, 0.29) is 12.5 Å². The fourth-order valence-corrected chi connectivity index (χ4v) is 4.03. The Morgan fingerprint density at radius 3 is 2.85 bits per heavy atom. The van der Waals surface area contributed by atoms with Crippen LogP contribution in [0.25, 0.3) is 0 Å². The van der Waals surface area contributed by atoms with Crippen molar-refractivity contribution in [1.29, 1.82) is 0 Å². The lowest BCUT2D eigenvalue weighted by Crippen LogP contribution is -2.52. The molecule has 2 nitrogen and oxygen atoms in total. The monoisotopic (exact) mass is 180 g/mol. The number of Topliss-reactive ketones (excluding diaryl/α,β-unsaturated/α-hetero) is 1. The Labute approximate surface area is 78.3 Å². The fraction of sp³-hybridized carbons (Fsp3) is 0.909. The highest BCUT2D eigenvalue weighted by atomic mass is 16.3. The van der Waals surface area contributed by atoms with Crippen molar-refractivity contribution in [2.24, 2.45) is 29.6 Å². The van der Waals surface area contributed by atoms with E-state index in [9.17, 15) is 9.90 Å². The van der Waals surface area contributed by atoms with Crippen LogP contribution >= 0.6 is 0 Å². The third-order valence-corrected chi connectivity index (χ3v) is 4.53. The standard InChI is InChI=1S/C11H16O2/c12-5-10-7-1-6-2-8(4-7)11(13)9(10)3-6/h6-10,12H,1-5H2/t6-,7+,8-,9+,10+/m0/s1. The summed E-state index contributed by atoms with van der Waals surface area (Å²) in [5.41, 5.74) is 0. The van der Waals surface area contributed by atoms with Gasteiger partial charge >= 0.3 is 0 Å². The number of ketones is 1. The fourth-order valence-electron chi connectivity index (χ4n) is 4.03. The van der Waals surface area contributed by atoms with Crippen molar-refractivity contribution in [3.8, 4) is 0 Å². The summed E-state index contributed by atoms with van der Waals surface area (Å²) >= 11 is 0. The molecule has 4 aliphatic carbocycles. The predicted molar refractivity (Wildman–Crippen MR) is 48.0 cm³/mol. The molecule has 0 aromatic rings. The van der Waals surface area contributed by atoms with Crippen molar-refractivity contribution in [3.05, 3.63) is 0 Å². The van der Waals surface area contributed by atoms with E-state index in [4.69, 9.17) is 0 Å². The van der Waals surface area contributed by atoms with Gasteiger partial charge in [0.25, 0.3) is 0 Å². The van der Waals surface area contributed by atoms with Gasteiger partial charge in [0, 0.05) is 18.4 Å². The van der Waals surface area contributed by atoms with Crippen LogP contribution in [-0.4, -0.2) is 17.5 Å². The predicted octanol–water partition coefficient (Wildman–Crippen LogP) is 1.23. The van der Waals surface area contributed by atoms with E-state index in [2.05, 4.69) is 0 Å². The summed E-state index contributed by atoms with van der Waals surface area (Å²) in [5.74, 6) is 2.90. The van der Waals surface area contributed by atoms with Gasteiger partial charge in [0.2, 0.25) is 0 Å². The van der Waals surface area contributed by atoms with Crippen LogP contribution in [0, 0.1) is 29.6 Å². The van der Waals surface area contributed by atoms with E-state index in [0.29, 0.717) is 23.5 Å². The molecule has 4 aliphatic rings. The van der Waals surface area contributed by atoms with Gasteiger partial charge in [0.1, 0.15) is 5.78 Å². The molecule has 0 heterocycles. The molecule has 0 unspecified atom stereocenters. The topological polar surface area (TPSA) is 37.3 Å². The van der Waals surface area contributed by atoms with E-state index in [1.165, 1.54) is 6.42 Å². The van der Waals surface area contributed by atoms with Gasteiger partial charge in [-0.15, -0.1) is 0 Å². The molecule has 4 saturated carbocycles. The Morgan fingerprint density at radius 2 is 2.08 bits per heavy atom. The molecule has 4 fully saturated rings. The van der Waals surface area contributed by atoms with E-state index in [0.717, 1.165) is 25.2 Å². The SMILES string of the molecule is O=C1[C@H]2C[C@@H]3C[C@H](C2)[C@@H](CO)[C@H]1C3. The van der Waals surface area contributed by atoms with Crippen LogP contribution in [0.15, 0.2) is 0 Å². The minimum Gasteiger partial charge on any atom is -0.396 e. The third-order valence-electron chi connectivity index (χ3n) is 4.53. The quantitative estimate of drug-likeness (QED) is 0.659. The maximum Gasteiger partial charge on any atom is 0.139 e. The minimum atomic E-state index is 0.237. The average molecular weight is 180 g/mol. The number of carbonyl (C=O) groups is 1. The molecule has 0 aromatic carbocycles. The lowest BCUT2D eigenvalue weighted by atomic mass is 9.51. The molecule has 1 N–H and O–H groups in total. The van der Waals surface area contributed by atoms with Gasteiger partial charge in [-0.3, -0.25) is 4.79 Å². The number of aliphatic hydroxyl groups is 1. The second-order valence-corrected chi connectivity index (χ2v) is 5.12. The average Bonchev–Trinajstić information content (AvgIpc) is 2.13. The minimum absolute atomic E-state index is 0.237. The van der Waals surface area contributed by atoms with Crippen LogP contribution in [0.3, 0.4) is 0 Å². The zero-order chi connectivity index (χ0) is 9.00. The maximum absolute atomic E-state index is 11.8. The van der Waals surface area contributed by atoms with E-state index in [1.807, 2.05) is 0 Å². The van der Waals surface area contributed by atoms with Gasteiger partial charge in [-0.1, -0.05) is 0 Å². The summed E-state index contributed by atoms with van der Waals surface area (Å²) in [6, 6.07) is 0. The van der Waals surface area contributed by atoms with Crippen molar-refractivity contribution in [1.82, 2.24) is 0 Å². The second-order valence-electron chi connectivity index (χ2n) is 5.12. The van der Waals surface area contributed by atoms with Crippen LogP contribution < -0.4 is 0 Å². The highest BCUT2D eigenvalue weighted by molar-refractivity contribution is 5.85. The summed E-state index contributed by atoms with van der Waals surface area (Å²) in [6.07, 6.45) is 4.60. The first-order chi connectivity index (χ1) is 6.29. The van der Waals surface area contributed by atoms with Crippen LogP contribution in [0.4, 0.5) is 0 Å². The zero-order valence-electron chi connectivity index (χ0n) is 7.78. The summed E-state index contributed by atoms with van der Waals surface area (Å²) in [4.78, 5) is 11.8.